The number of carbonyl (C=O) groups is 2. The van der Waals surface area contributed by atoms with Crippen molar-refractivity contribution in [1.82, 2.24) is 10.2 Å². The standard InChI is InChI=1S/C14H20N2O4/c1-2-14(12(17)18)6-4-7-16(10-14)13(19)15-9-11-5-3-8-20-11/h3,5,8H,2,4,6-7,9-10H2,1H3,(H,15,19)(H,17,18). The Morgan fingerprint density at radius 1 is 1.55 bits per heavy atom. The number of furan rings is 1. The number of rotatable bonds is 4. The fourth-order valence-electron chi connectivity index (χ4n) is 2.61. The summed E-state index contributed by atoms with van der Waals surface area (Å²) >= 11 is 0. The van der Waals surface area contributed by atoms with Crippen LogP contribution in [0.15, 0.2) is 22.8 Å². The topological polar surface area (TPSA) is 82.8 Å². The lowest BCUT2D eigenvalue weighted by molar-refractivity contribution is -0.152. The van der Waals surface area contributed by atoms with Crippen LogP contribution in [0.4, 0.5) is 4.79 Å². The van der Waals surface area contributed by atoms with Gasteiger partial charge in [0.25, 0.3) is 0 Å². The first kappa shape index (κ1) is 14.4. The molecule has 1 saturated heterocycles. The van der Waals surface area contributed by atoms with Gasteiger partial charge in [0.15, 0.2) is 0 Å². The maximum atomic E-state index is 12.1. The number of carboxylic acids is 1. The van der Waals surface area contributed by atoms with Crippen molar-refractivity contribution >= 4 is 12.0 Å². The van der Waals surface area contributed by atoms with Crippen LogP contribution < -0.4 is 5.32 Å². The van der Waals surface area contributed by atoms with Crippen molar-refractivity contribution < 1.29 is 19.1 Å². The second-order valence-electron chi connectivity index (χ2n) is 5.20. The Labute approximate surface area is 117 Å². The lowest BCUT2D eigenvalue weighted by atomic mass is 9.78. The Bertz CT molecular complexity index is 472. The molecule has 0 aliphatic carbocycles. The quantitative estimate of drug-likeness (QED) is 0.884. The third kappa shape index (κ3) is 2.95. The molecule has 2 heterocycles. The van der Waals surface area contributed by atoms with Gasteiger partial charge in [0.2, 0.25) is 0 Å². The van der Waals surface area contributed by atoms with Crippen LogP contribution in [-0.2, 0) is 11.3 Å². The van der Waals surface area contributed by atoms with Gasteiger partial charge in [0.1, 0.15) is 5.76 Å². The van der Waals surface area contributed by atoms with Crippen molar-refractivity contribution in [2.75, 3.05) is 13.1 Å². The molecule has 1 aliphatic rings. The minimum Gasteiger partial charge on any atom is -0.481 e. The van der Waals surface area contributed by atoms with Gasteiger partial charge in [-0.2, -0.15) is 0 Å². The summed E-state index contributed by atoms with van der Waals surface area (Å²) in [6.45, 7) is 3.04. The molecule has 2 N–H and O–H groups in total. The van der Waals surface area contributed by atoms with E-state index in [1.54, 1.807) is 23.3 Å². The van der Waals surface area contributed by atoms with Crippen molar-refractivity contribution in [2.45, 2.75) is 32.7 Å². The lowest BCUT2D eigenvalue weighted by Crippen LogP contribution is -2.52. The van der Waals surface area contributed by atoms with Gasteiger partial charge < -0.3 is 19.7 Å². The van der Waals surface area contributed by atoms with E-state index in [1.807, 2.05) is 6.92 Å². The van der Waals surface area contributed by atoms with Crippen LogP contribution in [0, 0.1) is 5.41 Å². The molecule has 2 amide bonds. The van der Waals surface area contributed by atoms with Crippen LogP contribution in [0.1, 0.15) is 31.9 Å². The minimum atomic E-state index is -0.816. The smallest absolute Gasteiger partial charge is 0.317 e. The summed E-state index contributed by atoms with van der Waals surface area (Å²) in [7, 11) is 0. The van der Waals surface area contributed by atoms with E-state index >= 15 is 0 Å². The SMILES string of the molecule is CCC1(C(=O)O)CCCN(C(=O)NCc2ccco2)C1. The number of carboxylic acid groups (broad SMARTS) is 1. The molecule has 0 radical (unpaired) electrons. The van der Waals surface area contributed by atoms with Crippen LogP contribution in [-0.4, -0.2) is 35.1 Å². The van der Waals surface area contributed by atoms with E-state index in [9.17, 15) is 14.7 Å². The van der Waals surface area contributed by atoms with Crippen molar-refractivity contribution in [2.24, 2.45) is 5.41 Å². The second kappa shape index (κ2) is 5.98. The summed E-state index contributed by atoms with van der Waals surface area (Å²) in [6, 6.07) is 3.30. The molecule has 20 heavy (non-hydrogen) atoms. The average molecular weight is 280 g/mol. The zero-order valence-electron chi connectivity index (χ0n) is 11.6. The van der Waals surface area contributed by atoms with E-state index in [1.165, 1.54) is 0 Å². The van der Waals surface area contributed by atoms with Crippen molar-refractivity contribution in [1.29, 1.82) is 0 Å². The van der Waals surface area contributed by atoms with Crippen LogP contribution in [0.5, 0.6) is 0 Å². The maximum absolute atomic E-state index is 12.1. The Morgan fingerprint density at radius 3 is 2.95 bits per heavy atom. The Balaban J connectivity index is 1.94. The largest absolute Gasteiger partial charge is 0.481 e. The van der Waals surface area contributed by atoms with E-state index in [0.29, 0.717) is 38.1 Å². The number of hydrogen-bond acceptors (Lipinski definition) is 3. The fraction of sp³-hybridized carbons (Fsp3) is 0.571. The molecule has 0 spiro atoms. The molecule has 6 nitrogen and oxygen atoms in total. The molecule has 1 unspecified atom stereocenters. The number of nitrogens with one attached hydrogen (secondary N) is 1. The second-order valence-corrected chi connectivity index (χ2v) is 5.20. The van der Waals surface area contributed by atoms with Crippen LogP contribution in [0.3, 0.4) is 0 Å². The summed E-state index contributed by atoms with van der Waals surface area (Å²) in [5.41, 5.74) is -0.805. The molecular weight excluding hydrogens is 260 g/mol. The van der Waals surface area contributed by atoms with Crippen LogP contribution in [0.2, 0.25) is 0 Å². The molecule has 0 aromatic carbocycles. The molecular formula is C14H20N2O4. The number of likely N-dealkylation sites (tertiary alicyclic amines) is 1. The molecule has 0 saturated carbocycles. The number of urea groups is 1. The van der Waals surface area contributed by atoms with Crippen LogP contribution >= 0.6 is 0 Å². The molecule has 1 aromatic rings. The third-order valence-electron chi connectivity index (χ3n) is 3.99. The third-order valence-corrected chi connectivity index (χ3v) is 3.99. The summed E-state index contributed by atoms with van der Waals surface area (Å²) < 4.78 is 5.14. The zero-order chi connectivity index (χ0) is 14.6. The van der Waals surface area contributed by atoms with Gasteiger partial charge in [-0.3, -0.25) is 4.79 Å². The fourth-order valence-corrected chi connectivity index (χ4v) is 2.61. The number of nitrogens with zero attached hydrogens (tertiary/aromatic N) is 1. The first-order valence-corrected chi connectivity index (χ1v) is 6.86. The van der Waals surface area contributed by atoms with E-state index < -0.39 is 11.4 Å². The highest BCUT2D eigenvalue weighted by atomic mass is 16.4. The van der Waals surface area contributed by atoms with Gasteiger partial charge >= 0.3 is 12.0 Å². The van der Waals surface area contributed by atoms with E-state index in [2.05, 4.69) is 5.32 Å². The number of hydrogen-bond donors (Lipinski definition) is 2. The van der Waals surface area contributed by atoms with Crippen molar-refractivity contribution in [3.63, 3.8) is 0 Å². The summed E-state index contributed by atoms with van der Waals surface area (Å²) in [6.07, 6.45) is 3.42. The van der Waals surface area contributed by atoms with Gasteiger partial charge in [-0.15, -0.1) is 0 Å². The highest BCUT2D eigenvalue weighted by molar-refractivity contribution is 5.78. The zero-order valence-corrected chi connectivity index (χ0v) is 11.6. The lowest BCUT2D eigenvalue weighted by Gasteiger charge is -2.39. The Kier molecular flexibility index (Phi) is 4.32. The summed E-state index contributed by atoms with van der Waals surface area (Å²) in [4.78, 5) is 25.1. The molecule has 1 atom stereocenters. The van der Waals surface area contributed by atoms with Gasteiger partial charge in [0.05, 0.1) is 18.2 Å². The molecule has 1 aromatic heterocycles. The minimum absolute atomic E-state index is 0.236. The van der Waals surface area contributed by atoms with E-state index in [0.717, 1.165) is 0 Å². The first-order valence-electron chi connectivity index (χ1n) is 6.86. The monoisotopic (exact) mass is 280 g/mol. The predicted octanol–water partition coefficient (Wildman–Crippen LogP) is 2.07. The van der Waals surface area contributed by atoms with Gasteiger partial charge in [0, 0.05) is 13.1 Å². The Hall–Kier alpha value is -1.98. The molecule has 1 aliphatic heterocycles. The molecule has 2 rings (SSSR count). The van der Waals surface area contributed by atoms with Crippen molar-refractivity contribution in [3.8, 4) is 0 Å². The maximum Gasteiger partial charge on any atom is 0.317 e. The van der Waals surface area contributed by atoms with E-state index in [4.69, 9.17) is 4.42 Å². The average Bonchev–Trinajstić information content (AvgIpc) is 2.97. The number of amides is 2. The summed E-state index contributed by atoms with van der Waals surface area (Å²) in [5.74, 6) is -0.140. The molecule has 1 fully saturated rings. The van der Waals surface area contributed by atoms with E-state index in [-0.39, 0.29) is 12.6 Å². The van der Waals surface area contributed by atoms with Gasteiger partial charge in [-0.25, -0.2) is 4.79 Å². The molecule has 0 bridgehead atoms. The highest BCUT2D eigenvalue weighted by Crippen LogP contribution is 2.33. The van der Waals surface area contributed by atoms with Crippen molar-refractivity contribution in [3.05, 3.63) is 24.2 Å². The summed E-state index contributed by atoms with van der Waals surface area (Å²) in [5, 5.41) is 12.2. The van der Waals surface area contributed by atoms with Gasteiger partial charge in [-0.1, -0.05) is 6.92 Å². The number of aliphatic carboxylic acids is 1. The number of carbonyl (C=O) groups excluding carboxylic acids is 1. The molecule has 6 heteroatoms. The van der Waals surface area contributed by atoms with Gasteiger partial charge in [-0.05, 0) is 31.4 Å². The predicted molar refractivity (Wildman–Crippen MR) is 72.1 cm³/mol. The number of piperidine rings is 1. The first-order chi connectivity index (χ1) is 9.57. The molecule has 110 valence electrons. The normalized spacial score (nSPS) is 22.6. The Morgan fingerprint density at radius 2 is 2.35 bits per heavy atom. The van der Waals surface area contributed by atoms with Crippen LogP contribution in [0.25, 0.3) is 0 Å². The highest BCUT2D eigenvalue weighted by Gasteiger charge is 2.42.